The number of rotatable bonds is 4. The molecule has 0 radical (unpaired) electrons. The fourth-order valence-corrected chi connectivity index (χ4v) is 2.73. The molecule has 0 saturated carbocycles. The second-order valence-corrected chi connectivity index (χ2v) is 5.40. The zero-order valence-corrected chi connectivity index (χ0v) is 12.6. The number of benzene rings is 3. The van der Waals surface area contributed by atoms with Crippen molar-refractivity contribution in [2.45, 2.75) is 6.61 Å². The first-order valence-electron chi connectivity index (χ1n) is 7.65. The number of hydrogen-bond donors (Lipinski definition) is 0. The summed E-state index contributed by atoms with van der Waals surface area (Å²) >= 11 is 0. The fraction of sp³-hybridized carbons (Fsp3) is 0.0476. The maximum atomic E-state index is 6.00. The minimum absolute atomic E-state index is 0.487. The van der Waals surface area contributed by atoms with Crippen LogP contribution in [0, 0.1) is 0 Å². The molecule has 1 aromatic heterocycles. The van der Waals surface area contributed by atoms with Crippen LogP contribution in [0.2, 0.25) is 0 Å². The van der Waals surface area contributed by atoms with Gasteiger partial charge >= 0.3 is 0 Å². The summed E-state index contributed by atoms with van der Waals surface area (Å²) < 4.78 is 11.9. The third-order valence-electron chi connectivity index (χ3n) is 3.84. The van der Waals surface area contributed by atoms with Crippen LogP contribution in [0.5, 0.6) is 5.95 Å². The van der Waals surface area contributed by atoms with Gasteiger partial charge in [-0.1, -0.05) is 78.9 Å². The molecule has 0 aliphatic carbocycles. The Morgan fingerprint density at radius 1 is 0.696 bits per heavy atom. The van der Waals surface area contributed by atoms with Crippen molar-refractivity contribution in [3.63, 3.8) is 0 Å². The summed E-state index contributed by atoms with van der Waals surface area (Å²) in [5.41, 5.74) is 4.07. The molecule has 0 bridgehead atoms. The van der Waals surface area contributed by atoms with Crippen molar-refractivity contribution >= 4 is 11.0 Å². The zero-order valence-electron chi connectivity index (χ0n) is 12.6. The zero-order chi connectivity index (χ0) is 15.5. The molecule has 2 heteroatoms. The Bertz CT molecular complexity index is 908. The van der Waals surface area contributed by atoms with Crippen molar-refractivity contribution < 1.29 is 9.15 Å². The van der Waals surface area contributed by atoms with E-state index in [4.69, 9.17) is 9.15 Å². The Morgan fingerprint density at radius 3 is 2.13 bits per heavy atom. The monoisotopic (exact) mass is 300 g/mol. The molecule has 1 heterocycles. The number of ether oxygens (including phenoxy) is 1. The predicted molar refractivity (Wildman–Crippen MR) is 92.4 cm³/mol. The first-order chi connectivity index (χ1) is 11.4. The van der Waals surface area contributed by atoms with Gasteiger partial charge in [0.25, 0.3) is 5.95 Å². The smallest absolute Gasteiger partial charge is 0.294 e. The highest BCUT2D eigenvalue weighted by atomic mass is 16.6. The lowest BCUT2D eigenvalue weighted by molar-refractivity contribution is 0.240. The highest BCUT2D eigenvalue weighted by Crippen LogP contribution is 2.40. The Kier molecular flexibility index (Phi) is 3.57. The molecule has 0 aliphatic rings. The third-order valence-corrected chi connectivity index (χ3v) is 3.84. The topological polar surface area (TPSA) is 22.4 Å². The lowest BCUT2D eigenvalue weighted by atomic mass is 10.0. The van der Waals surface area contributed by atoms with Crippen molar-refractivity contribution in [1.82, 2.24) is 0 Å². The number of hydrogen-bond acceptors (Lipinski definition) is 2. The molecule has 0 atom stereocenters. The summed E-state index contributed by atoms with van der Waals surface area (Å²) in [6.07, 6.45) is 0. The Balaban J connectivity index is 1.76. The van der Waals surface area contributed by atoms with Crippen LogP contribution in [0.4, 0.5) is 0 Å². The first-order valence-corrected chi connectivity index (χ1v) is 7.65. The maximum absolute atomic E-state index is 6.00. The highest BCUT2D eigenvalue weighted by Gasteiger charge is 2.17. The van der Waals surface area contributed by atoms with E-state index >= 15 is 0 Å². The minimum Gasteiger partial charge on any atom is -0.460 e. The van der Waals surface area contributed by atoms with Crippen molar-refractivity contribution in [1.29, 1.82) is 0 Å². The molecule has 0 fully saturated rings. The molecule has 112 valence electrons. The van der Waals surface area contributed by atoms with E-state index in [0.717, 1.165) is 27.7 Å². The van der Waals surface area contributed by atoms with E-state index in [1.54, 1.807) is 0 Å². The lowest BCUT2D eigenvalue weighted by Crippen LogP contribution is -1.95. The van der Waals surface area contributed by atoms with Crippen molar-refractivity contribution in [3.8, 4) is 17.1 Å². The Hall–Kier alpha value is -3.00. The summed E-state index contributed by atoms with van der Waals surface area (Å²) in [4.78, 5) is 0. The van der Waals surface area contributed by atoms with Gasteiger partial charge in [0.2, 0.25) is 0 Å². The molecule has 4 rings (SSSR count). The summed E-state index contributed by atoms with van der Waals surface area (Å²) in [7, 11) is 0. The predicted octanol–water partition coefficient (Wildman–Crippen LogP) is 5.68. The van der Waals surface area contributed by atoms with Gasteiger partial charge in [-0.15, -0.1) is 0 Å². The molecule has 0 N–H and O–H groups in total. The maximum Gasteiger partial charge on any atom is 0.294 e. The Morgan fingerprint density at radius 2 is 1.35 bits per heavy atom. The van der Waals surface area contributed by atoms with E-state index in [1.807, 2.05) is 66.7 Å². The molecule has 23 heavy (non-hydrogen) atoms. The fourth-order valence-electron chi connectivity index (χ4n) is 2.73. The third kappa shape index (κ3) is 2.71. The number of furan rings is 1. The van der Waals surface area contributed by atoms with Crippen LogP contribution in [0.1, 0.15) is 5.56 Å². The van der Waals surface area contributed by atoms with Crippen LogP contribution in [0.25, 0.3) is 22.1 Å². The summed E-state index contributed by atoms with van der Waals surface area (Å²) in [6.45, 7) is 0.487. The summed E-state index contributed by atoms with van der Waals surface area (Å²) in [6, 6.07) is 28.4. The van der Waals surface area contributed by atoms with Gasteiger partial charge in [0.1, 0.15) is 12.2 Å². The van der Waals surface area contributed by atoms with Gasteiger partial charge in [-0.05, 0) is 17.2 Å². The van der Waals surface area contributed by atoms with E-state index in [1.165, 1.54) is 0 Å². The lowest BCUT2D eigenvalue weighted by Gasteiger charge is -2.06. The molecular weight excluding hydrogens is 284 g/mol. The van der Waals surface area contributed by atoms with Crippen LogP contribution in [0.15, 0.2) is 89.3 Å². The van der Waals surface area contributed by atoms with E-state index < -0.39 is 0 Å². The average molecular weight is 300 g/mol. The van der Waals surface area contributed by atoms with Crippen LogP contribution < -0.4 is 4.74 Å². The van der Waals surface area contributed by atoms with Crippen LogP contribution in [-0.2, 0) is 6.61 Å². The van der Waals surface area contributed by atoms with Gasteiger partial charge in [0.05, 0.1) is 5.56 Å². The molecule has 0 unspecified atom stereocenters. The van der Waals surface area contributed by atoms with Crippen molar-refractivity contribution in [2.75, 3.05) is 0 Å². The second-order valence-electron chi connectivity index (χ2n) is 5.40. The van der Waals surface area contributed by atoms with Gasteiger partial charge < -0.3 is 9.15 Å². The van der Waals surface area contributed by atoms with E-state index in [9.17, 15) is 0 Å². The molecular formula is C21H16O2. The van der Waals surface area contributed by atoms with Crippen molar-refractivity contribution in [3.05, 3.63) is 90.5 Å². The number of fused-ring (bicyclic) bond motifs is 1. The summed E-state index contributed by atoms with van der Waals surface area (Å²) in [5, 5.41) is 1.07. The molecule has 0 spiro atoms. The molecule has 2 nitrogen and oxygen atoms in total. The SMILES string of the molecule is c1ccc(COc2oc3ccccc3c2-c2ccccc2)cc1. The highest BCUT2D eigenvalue weighted by molar-refractivity contribution is 5.97. The normalized spacial score (nSPS) is 10.8. The molecule has 0 aliphatic heterocycles. The molecule has 0 saturated heterocycles. The van der Waals surface area contributed by atoms with Gasteiger partial charge in [-0.25, -0.2) is 0 Å². The first kappa shape index (κ1) is 13.6. The van der Waals surface area contributed by atoms with Gasteiger partial charge in [0.15, 0.2) is 0 Å². The second kappa shape index (κ2) is 6.01. The minimum atomic E-state index is 0.487. The molecule has 4 aromatic rings. The van der Waals surface area contributed by atoms with Crippen molar-refractivity contribution in [2.24, 2.45) is 0 Å². The van der Waals surface area contributed by atoms with Crippen LogP contribution in [0.3, 0.4) is 0 Å². The van der Waals surface area contributed by atoms with E-state index in [2.05, 4.69) is 18.2 Å². The largest absolute Gasteiger partial charge is 0.460 e. The number of para-hydroxylation sites is 1. The quantitative estimate of drug-likeness (QED) is 0.484. The molecule has 0 amide bonds. The van der Waals surface area contributed by atoms with Gasteiger partial charge in [0, 0.05) is 5.39 Å². The standard InChI is InChI=1S/C21H16O2/c1-3-9-16(10-4-1)15-22-21-20(17-11-5-2-6-12-17)18-13-7-8-14-19(18)23-21/h1-14H,15H2. The van der Waals surface area contributed by atoms with Gasteiger partial charge in [-0.3, -0.25) is 0 Å². The summed E-state index contributed by atoms with van der Waals surface area (Å²) in [5.74, 6) is 0.571. The van der Waals surface area contributed by atoms with E-state index in [0.29, 0.717) is 12.6 Å². The molecule has 3 aromatic carbocycles. The van der Waals surface area contributed by atoms with Gasteiger partial charge in [-0.2, -0.15) is 0 Å². The van der Waals surface area contributed by atoms with Crippen LogP contribution in [-0.4, -0.2) is 0 Å². The van der Waals surface area contributed by atoms with E-state index in [-0.39, 0.29) is 0 Å². The van der Waals surface area contributed by atoms with Crippen LogP contribution >= 0.6 is 0 Å². The average Bonchev–Trinajstić information content (AvgIpc) is 3.00. The Labute approximate surface area is 135 Å².